The molecule has 5 nitrogen and oxygen atoms in total. The Morgan fingerprint density at radius 2 is 1.79 bits per heavy atom. The lowest BCUT2D eigenvalue weighted by Crippen LogP contribution is -2.11. The van der Waals surface area contributed by atoms with E-state index in [4.69, 9.17) is 5.90 Å². The number of carbonyl (C=O) groups excluding carboxylic acids is 2. The van der Waals surface area contributed by atoms with E-state index >= 15 is 0 Å². The Morgan fingerprint density at radius 3 is 2.29 bits per heavy atom. The number of hydrogen-bond donors (Lipinski definition) is 1. The molecule has 0 aliphatic rings. The van der Waals surface area contributed by atoms with Crippen LogP contribution in [0.2, 0.25) is 0 Å². The summed E-state index contributed by atoms with van der Waals surface area (Å²) in [6, 6.07) is 5.90. The number of rotatable bonds is 2. The van der Waals surface area contributed by atoms with Crippen LogP contribution in [0.15, 0.2) is 24.3 Å². The second kappa shape index (κ2) is 4.38. The molecular weight excluding hydrogens is 186 g/mol. The van der Waals surface area contributed by atoms with Gasteiger partial charge in [0.2, 0.25) is 0 Å². The van der Waals surface area contributed by atoms with E-state index in [1.807, 2.05) is 0 Å². The third kappa shape index (κ3) is 2.08. The normalized spacial score (nSPS) is 9.29. The summed E-state index contributed by atoms with van der Waals surface area (Å²) in [5.41, 5.74) is 0.478. The number of esters is 1. The first-order valence-corrected chi connectivity index (χ1v) is 3.78. The zero-order chi connectivity index (χ0) is 10.6. The Bertz CT molecular complexity index is 330. The lowest BCUT2D eigenvalue weighted by atomic mass is 10.1. The average molecular weight is 195 g/mol. The summed E-state index contributed by atoms with van der Waals surface area (Å²) in [4.78, 5) is 26.1. The largest absolute Gasteiger partial charge is 0.465 e. The van der Waals surface area contributed by atoms with Crippen molar-refractivity contribution in [2.24, 2.45) is 5.90 Å². The Labute approximate surface area is 80.4 Å². The van der Waals surface area contributed by atoms with Crippen molar-refractivity contribution >= 4 is 11.9 Å². The van der Waals surface area contributed by atoms with Gasteiger partial charge in [0, 0.05) is 0 Å². The van der Waals surface area contributed by atoms with E-state index in [-0.39, 0.29) is 11.1 Å². The molecular formula is C9H9NO4. The van der Waals surface area contributed by atoms with Crippen LogP contribution in [-0.4, -0.2) is 19.0 Å². The van der Waals surface area contributed by atoms with Crippen molar-refractivity contribution in [1.82, 2.24) is 0 Å². The molecule has 0 radical (unpaired) electrons. The number of methoxy groups -OCH3 is 1. The third-order valence-corrected chi connectivity index (χ3v) is 1.63. The first-order valence-electron chi connectivity index (χ1n) is 3.78. The fraction of sp³-hybridized carbons (Fsp3) is 0.111. The first kappa shape index (κ1) is 10.2. The van der Waals surface area contributed by atoms with Crippen molar-refractivity contribution in [2.45, 2.75) is 0 Å². The molecule has 0 spiro atoms. The van der Waals surface area contributed by atoms with Crippen LogP contribution in [0.3, 0.4) is 0 Å². The van der Waals surface area contributed by atoms with E-state index in [2.05, 4.69) is 9.57 Å². The number of ether oxygens (including phenoxy) is 1. The zero-order valence-electron chi connectivity index (χ0n) is 7.52. The topological polar surface area (TPSA) is 78.6 Å². The summed E-state index contributed by atoms with van der Waals surface area (Å²) >= 11 is 0. The summed E-state index contributed by atoms with van der Waals surface area (Å²) in [5.74, 6) is 3.48. The minimum Gasteiger partial charge on any atom is -0.465 e. The summed E-state index contributed by atoms with van der Waals surface area (Å²) in [6.07, 6.45) is 0. The maximum atomic E-state index is 11.1. The predicted molar refractivity (Wildman–Crippen MR) is 47.4 cm³/mol. The fourth-order valence-electron chi connectivity index (χ4n) is 0.959. The molecule has 0 aliphatic carbocycles. The van der Waals surface area contributed by atoms with Crippen molar-refractivity contribution in [3.63, 3.8) is 0 Å². The van der Waals surface area contributed by atoms with Crippen LogP contribution in [0.4, 0.5) is 0 Å². The molecule has 1 aromatic rings. The van der Waals surface area contributed by atoms with Crippen molar-refractivity contribution in [3.05, 3.63) is 35.4 Å². The molecule has 0 unspecified atom stereocenters. The van der Waals surface area contributed by atoms with Crippen molar-refractivity contribution in [2.75, 3.05) is 7.11 Å². The van der Waals surface area contributed by atoms with Crippen LogP contribution in [0, 0.1) is 0 Å². The Hall–Kier alpha value is -1.88. The highest BCUT2D eigenvalue weighted by atomic mass is 16.7. The van der Waals surface area contributed by atoms with Gasteiger partial charge >= 0.3 is 11.9 Å². The molecule has 1 rings (SSSR count). The number of carbonyl (C=O) groups is 2. The fourth-order valence-corrected chi connectivity index (χ4v) is 0.959. The Balaban J connectivity index is 3.01. The van der Waals surface area contributed by atoms with Crippen LogP contribution in [0.5, 0.6) is 0 Å². The lowest BCUT2D eigenvalue weighted by Gasteiger charge is -2.01. The number of nitrogens with two attached hydrogens (primary N) is 1. The second-order valence-corrected chi connectivity index (χ2v) is 2.48. The first-order chi connectivity index (χ1) is 6.69. The van der Waals surface area contributed by atoms with Crippen molar-refractivity contribution in [1.29, 1.82) is 0 Å². The van der Waals surface area contributed by atoms with E-state index in [9.17, 15) is 9.59 Å². The monoisotopic (exact) mass is 195 g/mol. The third-order valence-electron chi connectivity index (χ3n) is 1.63. The molecule has 5 heteroatoms. The van der Waals surface area contributed by atoms with E-state index in [0.29, 0.717) is 0 Å². The quantitative estimate of drug-likeness (QED) is 0.549. The van der Waals surface area contributed by atoms with E-state index in [1.165, 1.54) is 25.3 Å². The van der Waals surface area contributed by atoms with Crippen LogP contribution < -0.4 is 5.90 Å². The summed E-state index contributed by atoms with van der Waals surface area (Å²) in [7, 11) is 1.26. The maximum Gasteiger partial charge on any atom is 0.356 e. The summed E-state index contributed by atoms with van der Waals surface area (Å²) < 4.78 is 4.48. The van der Waals surface area contributed by atoms with Gasteiger partial charge in [0.15, 0.2) is 0 Å². The molecule has 0 saturated heterocycles. The van der Waals surface area contributed by atoms with Gasteiger partial charge in [-0.25, -0.2) is 9.59 Å². The summed E-state index contributed by atoms with van der Waals surface area (Å²) in [6.45, 7) is 0. The SMILES string of the molecule is COC(=O)c1cccc(C(=O)ON)c1. The predicted octanol–water partition coefficient (Wildman–Crippen LogP) is 0.504. The van der Waals surface area contributed by atoms with Gasteiger partial charge < -0.3 is 9.57 Å². The average Bonchev–Trinajstić information content (AvgIpc) is 2.27. The van der Waals surface area contributed by atoms with Crippen LogP contribution in [0.25, 0.3) is 0 Å². The Kier molecular flexibility index (Phi) is 3.19. The van der Waals surface area contributed by atoms with Gasteiger partial charge in [-0.3, -0.25) is 0 Å². The van der Waals surface area contributed by atoms with Gasteiger partial charge in [0.1, 0.15) is 0 Å². The molecule has 0 aliphatic heterocycles. The van der Waals surface area contributed by atoms with E-state index in [1.54, 1.807) is 6.07 Å². The van der Waals surface area contributed by atoms with Crippen LogP contribution >= 0.6 is 0 Å². The highest BCUT2D eigenvalue weighted by Gasteiger charge is 2.10. The van der Waals surface area contributed by atoms with Crippen molar-refractivity contribution in [3.8, 4) is 0 Å². The minimum absolute atomic E-state index is 0.204. The molecule has 0 aromatic heterocycles. The van der Waals surface area contributed by atoms with Gasteiger partial charge in [-0.15, -0.1) is 0 Å². The molecule has 2 N–H and O–H groups in total. The molecule has 0 amide bonds. The van der Waals surface area contributed by atoms with E-state index < -0.39 is 11.9 Å². The molecule has 0 fully saturated rings. The molecule has 1 aromatic carbocycles. The highest BCUT2D eigenvalue weighted by Crippen LogP contribution is 2.07. The number of hydrogen-bond acceptors (Lipinski definition) is 5. The van der Waals surface area contributed by atoms with E-state index in [0.717, 1.165) is 0 Å². The molecule has 0 heterocycles. The highest BCUT2D eigenvalue weighted by molar-refractivity contribution is 5.95. The maximum absolute atomic E-state index is 11.1. The molecule has 74 valence electrons. The van der Waals surface area contributed by atoms with Gasteiger partial charge in [-0.05, 0) is 18.2 Å². The van der Waals surface area contributed by atoms with Gasteiger partial charge in [-0.2, -0.15) is 5.90 Å². The zero-order valence-corrected chi connectivity index (χ0v) is 7.52. The van der Waals surface area contributed by atoms with Crippen molar-refractivity contribution < 1.29 is 19.2 Å². The molecule has 0 bridgehead atoms. The van der Waals surface area contributed by atoms with Gasteiger partial charge in [0.05, 0.1) is 18.2 Å². The summed E-state index contributed by atoms with van der Waals surface area (Å²) in [5, 5.41) is 0. The molecule has 0 atom stereocenters. The standard InChI is InChI=1S/C9H9NO4/c1-13-8(11)6-3-2-4-7(5-6)9(12)14-10/h2-5H,10H2,1H3. The molecule has 0 saturated carbocycles. The van der Waals surface area contributed by atoms with Gasteiger partial charge in [0.25, 0.3) is 0 Å². The van der Waals surface area contributed by atoms with Crippen LogP contribution in [-0.2, 0) is 9.57 Å². The lowest BCUT2D eigenvalue weighted by molar-refractivity contribution is 0.0503. The smallest absolute Gasteiger partial charge is 0.356 e. The molecule has 14 heavy (non-hydrogen) atoms. The Morgan fingerprint density at radius 1 is 1.21 bits per heavy atom. The van der Waals surface area contributed by atoms with Crippen LogP contribution in [0.1, 0.15) is 20.7 Å². The number of benzene rings is 1. The van der Waals surface area contributed by atoms with Gasteiger partial charge in [-0.1, -0.05) is 6.07 Å². The minimum atomic E-state index is -0.698. The second-order valence-electron chi connectivity index (χ2n) is 2.48.